The minimum Gasteiger partial charge on any atom is -0.311 e. The van der Waals surface area contributed by atoms with E-state index in [-0.39, 0.29) is 17.1 Å². The van der Waals surface area contributed by atoms with Crippen LogP contribution in [-0.4, -0.2) is 17.7 Å². The molecule has 0 spiro atoms. The first-order chi connectivity index (χ1) is 13.6. The number of thioether (sulfide) groups is 1. The molecule has 0 aromatic heterocycles. The average Bonchev–Trinajstić information content (AvgIpc) is 2.71. The molecule has 4 heteroatoms. The number of benzene rings is 3. The van der Waals surface area contributed by atoms with Gasteiger partial charge in [-0.3, -0.25) is 4.79 Å². The zero-order chi connectivity index (χ0) is 19.7. The third-order valence-electron chi connectivity index (χ3n) is 5.19. The Labute approximate surface area is 184 Å². The first-order valence-corrected chi connectivity index (χ1v) is 11.4. The molecule has 0 saturated heterocycles. The third-order valence-corrected chi connectivity index (χ3v) is 7.13. The number of fused-ring (bicyclic) bond motifs is 1. The van der Waals surface area contributed by atoms with Gasteiger partial charge >= 0.3 is 0 Å². The molecule has 2 atom stereocenters. The fourth-order valence-corrected chi connectivity index (χ4v) is 5.59. The minimum atomic E-state index is -0.184. The molecule has 142 valence electrons. The van der Waals surface area contributed by atoms with Crippen LogP contribution in [0.25, 0.3) is 0 Å². The summed E-state index contributed by atoms with van der Waals surface area (Å²) >= 11 is 4.04. The number of halogens is 1. The minimum absolute atomic E-state index is 0.0347. The van der Waals surface area contributed by atoms with E-state index in [4.69, 9.17) is 0 Å². The summed E-state index contributed by atoms with van der Waals surface area (Å²) in [5.41, 5.74) is 4.71. The Balaban J connectivity index is 1.86. The molecule has 1 aliphatic heterocycles. The monoisotopic (exact) mass is 499 g/mol. The van der Waals surface area contributed by atoms with E-state index < -0.39 is 0 Å². The van der Waals surface area contributed by atoms with Gasteiger partial charge in [-0.25, -0.2) is 0 Å². The van der Waals surface area contributed by atoms with Crippen molar-refractivity contribution in [1.82, 2.24) is 0 Å². The van der Waals surface area contributed by atoms with E-state index in [2.05, 4.69) is 103 Å². The first kappa shape index (κ1) is 19.5. The van der Waals surface area contributed by atoms with Gasteiger partial charge in [0.1, 0.15) is 0 Å². The van der Waals surface area contributed by atoms with Gasteiger partial charge in [-0.1, -0.05) is 48.0 Å². The van der Waals surface area contributed by atoms with Gasteiger partial charge in [0.25, 0.3) is 0 Å². The van der Waals surface area contributed by atoms with Crippen LogP contribution in [0.5, 0.6) is 0 Å². The fraction of sp³-hybridized carbons (Fsp3) is 0.208. The molecule has 0 radical (unpaired) electrons. The molecule has 0 fully saturated rings. The van der Waals surface area contributed by atoms with Crippen LogP contribution < -0.4 is 4.90 Å². The molecule has 3 aromatic carbocycles. The predicted molar refractivity (Wildman–Crippen MR) is 126 cm³/mol. The molecule has 0 unspecified atom stereocenters. The molecule has 1 amide bonds. The van der Waals surface area contributed by atoms with Crippen molar-refractivity contribution >= 4 is 45.9 Å². The van der Waals surface area contributed by atoms with Gasteiger partial charge in [-0.05, 0) is 77.9 Å². The number of hydrogen-bond donors (Lipinski definition) is 0. The molecule has 28 heavy (non-hydrogen) atoms. The summed E-state index contributed by atoms with van der Waals surface area (Å²) in [5, 5.41) is -0.184. The van der Waals surface area contributed by atoms with Gasteiger partial charge < -0.3 is 4.90 Å². The van der Waals surface area contributed by atoms with Crippen LogP contribution in [0.3, 0.4) is 0 Å². The lowest BCUT2D eigenvalue weighted by Gasteiger charge is -2.39. The number of aryl methyl sites for hydroxylation is 1. The van der Waals surface area contributed by atoms with E-state index in [1.165, 1.54) is 20.3 Å². The second kappa shape index (κ2) is 8.29. The Morgan fingerprint density at radius 3 is 2.39 bits per heavy atom. The van der Waals surface area contributed by atoms with E-state index in [1.54, 1.807) is 11.8 Å². The number of anilines is 1. The average molecular weight is 499 g/mol. The maximum absolute atomic E-state index is 13.6. The van der Waals surface area contributed by atoms with Crippen molar-refractivity contribution in [3.05, 3.63) is 93.1 Å². The largest absolute Gasteiger partial charge is 0.311 e. The lowest BCUT2D eigenvalue weighted by molar-refractivity contribution is -0.118. The van der Waals surface area contributed by atoms with Gasteiger partial charge in [0.15, 0.2) is 0 Å². The highest BCUT2D eigenvalue weighted by atomic mass is 127. The molecule has 0 N–H and O–H groups in total. The first-order valence-electron chi connectivity index (χ1n) is 9.47. The topological polar surface area (TPSA) is 20.3 Å². The second-order valence-corrected chi connectivity index (χ2v) is 9.49. The van der Waals surface area contributed by atoms with Gasteiger partial charge in [-0.2, -0.15) is 0 Å². The van der Waals surface area contributed by atoms with Crippen LogP contribution in [0.4, 0.5) is 5.69 Å². The fourth-order valence-electron chi connectivity index (χ4n) is 3.82. The molecule has 3 aromatic rings. The van der Waals surface area contributed by atoms with Crippen molar-refractivity contribution in [3.63, 3.8) is 0 Å². The van der Waals surface area contributed by atoms with Gasteiger partial charge in [0, 0.05) is 26.6 Å². The number of hydrogen-bond acceptors (Lipinski definition) is 2. The Morgan fingerprint density at radius 1 is 1.00 bits per heavy atom. The second-order valence-electron chi connectivity index (χ2n) is 7.03. The summed E-state index contributed by atoms with van der Waals surface area (Å²) in [6.45, 7) is 4.82. The van der Waals surface area contributed by atoms with Crippen LogP contribution in [0.1, 0.15) is 29.5 Å². The summed E-state index contributed by atoms with van der Waals surface area (Å²) in [6, 6.07) is 25.3. The maximum atomic E-state index is 13.6. The van der Waals surface area contributed by atoms with E-state index in [0.29, 0.717) is 6.54 Å². The van der Waals surface area contributed by atoms with Gasteiger partial charge in [0.2, 0.25) is 5.91 Å². The number of carbonyl (C=O) groups excluding carboxylic acids is 1. The van der Waals surface area contributed by atoms with Crippen molar-refractivity contribution in [2.24, 2.45) is 0 Å². The summed E-state index contributed by atoms with van der Waals surface area (Å²) in [4.78, 5) is 16.6. The smallest absolute Gasteiger partial charge is 0.241 e. The van der Waals surface area contributed by atoms with Gasteiger partial charge in [0.05, 0.1) is 5.25 Å². The molecule has 1 heterocycles. The number of rotatable bonds is 4. The van der Waals surface area contributed by atoms with E-state index >= 15 is 0 Å². The van der Waals surface area contributed by atoms with Crippen LogP contribution >= 0.6 is 34.4 Å². The maximum Gasteiger partial charge on any atom is 0.241 e. The van der Waals surface area contributed by atoms with Crippen molar-refractivity contribution in [2.75, 3.05) is 11.4 Å². The molecule has 2 nitrogen and oxygen atoms in total. The van der Waals surface area contributed by atoms with Crippen molar-refractivity contribution in [1.29, 1.82) is 0 Å². The van der Waals surface area contributed by atoms with E-state index in [1.807, 2.05) is 11.0 Å². The normalized spacial score (nSPS) is 18.8. The van der Waals surface area contributed by atoms with Gasteiger partial charge in [-0.15, -0.1) is 11.8 Å². The van der Waals surface area contributed by atoms with E-state index in [0.717, 1.165) is 10.6 Å². The molecular weight excluding hydrogens is 477 g/mol. The number of carbonyl (C=O) groups is 1. The quantitative estimate of drug-likeness (QED) is 0.395. The predicted octanol–water partition coefficient (Wildman–Crippen LogP) is 6.26. The molecule has 0 aliphatic carbocycles. The number of nitrogens with zero attached hydrogens (tertiary/aromatic N) is 1. The highest BCUT2D eigenvalue weighted by Crippen LogP contribution is 2.46. The zero-order valence-corrected chi connectivity index (χ0v) is 18.9. The van der Waals surface area contributed by atoms with Crippen LogP contribution in [0, 0.1) is 10.5 Å². The Kier molecular flexibility index (Phi) is 5.78. The lowest BCUT2D eigenvalue weighted by atomic mass is 9.83. The summed E-state index contributed by atoms with van der Waals surface area (Å²) in [5.74, 6) is 0.225. The standard InChI is InChI=1S/C24H22INOS/c1-3-26-21-14-11-18(25)15-20(21)22(17-7-5-4-6-8-17)23(24(26)27)28-19-12-9-16(2)10-13-19/h4-15,22-23H,3H2,1-2H3/t22-,23-/m0/s1. The van der Waals surface area contributed by atoms with Crippen molar-refractivity contribution in [2.45, 2.75) is 29.9 Å². The number of amides is 1. The molecule has 0 bridgehead atoms. The molecular formula is C24H22INOS. The molecule has 1 aliphatic rings. The highest BCUT2D eigenvalue weighted by Gasteiger charge is 2.41. The van der Waals surface area contributed by atoms with Crippen molar-refractivity contribution in [3.8, 4) is 0 Å². The van der Waals surface area contributed by atoms with Crippen LogP contribution in [-0.2, 0) is 4.79 Å². The van der Waals surface area contributed by atoms with E-state index in [9.17, 15) is 4.79 Å². The lowest BCUT2D eigenvalue weighted by Crippen LogP contribution is -2.45. The molecule has 4 rings (SSSR count). The van der Waals surface area contributed by atoms with Crippen molar-refractivity contribution < 1.29 is 4.79 Å². The zero-order valence-electron chi connectivity index (χ0n) is 15.9. The third kappa shape index (κ3) is 3.72. The molecule has 0 saturated carbocycles. The Bertz CT molecular complexity index is 987. The Morgan fingerprint density at radius 2 is 1.71 bits per heavy atom. The summed E-state index contributed by atoms with van der Waals surface area (Å²) in [7, 11) is 0. The SMILES string of the molecule is CCN1C(=O)[C@@H](Sc2ccc(C)cc2)[C@@H](c2ccccc2)c2cc(I)ccc21. The van der Waals surface area contributed by atoms with Crippen LogP contribution in [0.2, 0.25) is 0 Å². The van der Waals surface area contributed by atoms with Crippen LogP contribution in [0.15, 0.2) is 77.7 Å². The summed E-state index contributed by atoms with van der Waals surface area (Å²) in [6.07, 6.45) is 0. The Hall–Kier alpha value is -1.79. The summed E-state index contributed by atoms with van der Waals surface area (Å²) < 4.78 is 1.20. The highest BCUT2D eigenvalue weighted by molar-refractivity contribution is 14.1.